The van der Waals surface area contributed by atoms with Crippen LogP contribution in [0.4, 0.5) is 11.4 Å². The number of hydrogen-bond donors (Lipinski definition) is 0. The number of aromatic nitrogens is 1. The van der Waals surface area contributed by atoms with E-state index >= 15 is 0 Å². The fourth-order valence-corrected chi connectivity index (χ4v) is 4.90. The van der Waals surface area contributed by atoms with Crippen LogP contribution in [-0.2, 0) is 9.53 Å². The van der Waals surface area contributed by atoms with Gasteiger partial charge in [0, 0.05) is 48.4 Å². The normalized spacial score (nSPS) is 19.2. The van der Waals surface area contributed by atoms with E-state index in [0.717, 1.165) is 49.1 Å². The Hall–Kier alpha value is -3.00. The molecule has 1 aromatic heterocycles. The average Bonchev–Trinajstić information content (AvgIpc) is 3.41. The molecular formula is C25H23ClN4O2S. The highest BCUT2D eigenvalue weighted by Crippen LogP contribution is 2.34. The number of hydrogen-bond acceptors (Lipinski definition) is 5. The van der Waals surface area contributed by atoms with E-state index < -0.39 is 0 Å². The van der Waals surface area contributed by atoms with Crippen molar-refractivity contribution >= 4 is 51.9 Å². The topological polar surface area (TPSA) is 50.1 Å². The Kier molecular flexibility index (Phi) is 6.26. The van der Waals surface area contributed by atoms with Gasteiger partial charge in [0.25, 0.3) is 5.91 Å². The molecule has 33 heavy (non-hydrogen) atoms. The Labute approximate surface area is 202 Å². The Morgan fingerprint density at radius 3 is 2.42 bits per heavy atom. The maximum Gasteiger partial charge on any atom is 0.266 e. The van der Waals surface area contributed by atoms with Crippen LogP contribution in [0.1, 0.15) is 5.69 Å². The molecule has 8 heteroatoms. The summed E-state index contributed by atoms with van der Waals surface area (Å²) < 4.78 is 7.45. The second kappa shape index (κ2) is 9.47. The number of benzene rings is 2. The van der Waals surface area contributed by atoms with Crippen LogP contribution in [0.15, 0.2) is 76.8 Å². The predicted octanol–water partition coefficient (Wildman–Crippen LogP) is 5.20. The van der Waals surface area contributed by atoms with Gasteiger partial charge in [-0.1, -0.05) is 11.6 Å². The van der Waals surface area contributed by atoms with Crippen LogP contribution in [0.2, 0.25) is 5.02 Å². The molecule has 6 nitrogen and oxygen atoms in total. The molecule has 0 atom stereocenters. The summed E-state index contributed by atoms with van der Waals surface area (Å²) in [4.78, 5) is 22.2. The van der Waals surface area contributed by atoms with Crippen LogP contribution < -0.4 is 4.90 Å². The molecule has 0 saturated carbocycles. The molecule has 3 aromatic rings. The van der Waals surface area contributed by atoms with Crippen molar-refractivity contribution in [3.05, 3.63) is 82.5 Å². The summed E-state index contributed by atoms with van der Waals surface area (Å²) in [6.07, 6.45) is 3.87. The molecule has 3 heterocycles. The summed E-state index contributed by atoms with van der Waals surface area (Å²) in [7, 11) is 1.76. The molecule has 5 rings (SSSR count). The van der Waals surface area contributed by atoms with Gasteiger partial charge in [0.1, 0.15) is 0 Å². The van der Waals surface area contributed by atoms with Crippen LogP contribution in [0, 0.1) is 0 Å². The Balaban J connectivity index is 1.36. The van der Waals surface area contributed by atoms with Crippen molar-refractivity contribution in [2.75, 3.05) is 38.3 Å². The molecule has 0 radical (unpaired) electrons. The number of anilines is 1. The number of thioether (sulfide) groups is 1. The molecule has 168 valence electrons. The lowest BCUT2D eigenvalue weighted by atomic mass is 10.2. The van der Waals surface area contributed by atoms with E-state index in [-0.39, 0.29) is 5.91 Å². The van der Waals surface area contributed by atoms with Crippen molar-refractivity contribution in [3.63, 3.8) is 0 Å². The van der Waals surface area contributed by atoms with E-state index in [9.17, 15) is 4.79 Å². The first-order valence-electron chi connectivity index (χ1n) is 10.7. The quantitative estimate of drug-likeness (QED) is 0.483. The fraction of sp³-hybridized carbons (Fsp3) is 0.200. The summed E-state index contributed by atoms with van der Waals surface area (Å²) in [6.45, 7) is 3.30. The Morgan fingerprint density at radius 2 is 1.70 bits per heavy atom. The van der Waals surface area contributed by atoms with Crippen LogP contribution in [0.3, 0.4) is 0 Å². The van der Waals surface area contributed by atoms with Crippen LogP contribution in [0.25, 0.3) is 11.8 Å². The summed E-state index contributed by atoms with van der Waals surface area (Å²) in [6, 6.07) is 19.7. The van der Waals surface area contributed by atoms with Gasteiger partial charge in [-0.3, -0.25) is 9.69 Å². The van der Waals surface area contributed by atoms with E-state index in [4.69, 9.17) is 21.3 Å². The highest BCUT2D eigenvalue weighted by molar-refractivity contribution is 8.18. The molecule has 2 saturated heterocycles. The van der Waals surface area contributed by atoms with Gasteiger partial charge in [0.2, 0.25) is 0 Å². The van der Waals surface area contributed by atoms with Gasteiger partial charge in [0.15, 0.2) is 5.17 Å². The van der Waals surface area contributed by atoms with Gasteiger partial charge in [-0.25, -0.2) is 4.99 Å². The molecule has 0 spiro atoms. The van der Waals surface area contributed by atoms with Gasteiger partial charge in [0.05, 0.1) is 23.8 Å². The number of aliphatic imine (C=N–C) groups is 1. The summed E-state index contributed by atoms with van der Waals surface area (Å²) >= 11 is 7.41. The summed E-state index contributed by atoms with van der Waals surface area (Å²) in [5.41, 5.74) is 3.88. The third-order valence-electron chi connectivity index (χ3n) is 5.62. The van der Waals surface area contributed by atoms with Gasteiger partial charge < -0.3 is 14.2 Å². The van der Waals surface area contributed by atoms with Crippen LogP contribution in [-0.4, -0.2) is 53.9 Å². The number of amidine groups is 1. The van der Waals surface area contributed by atoms with Crippen LogP contribution in [0.5, 0.6) is 0 Å². The number of nitrogens with zero attached hydrogens (tertiary/aromatic N) is 4. The van der Waals surface area contributed by atoms with Crippen molar-refractivity contribution in [2.24, 2.45) is 4.99 Å². The fourth-order valence-electron chi connectivity index (χ4n) is 3.80. The third kappa shape index (κ3) is 4.71. The van der Waals surface area contributed by atoms with Gasteiger partial charge in [-0.2, -0.15) is 0 Å². The Bertz CT molecular complexity index is 1210. The van der Waals surface area contributed by atoms with E-state index in [1.807, 2.05) is 65.4 Å². The predicted molar refractivity (Wildman–Crippen MR) is 136 cm³/mol. The SMILES string of the molecule is CN1C(=O)/C(=C\c2cccn2-c2ccc(Cl)cc2)SC1=Nc1ccc(N2CCOCC2)cc1. The summed E-state index contributed by atoms with van der Waals surface area (Å²) in [5, 5.41) is 1.35. The highest BCUT2D eigenvalue weighted by atomic mass is 35.5. The molecule has 0 N–H and O–H groups in total. The van der Waals surface area contributed by atoms with Gasteiger partial charge in [-0.15, -0.1) is 0 Å². The van der Waals surface area contributed by atoms with E-state index in [2.05, 4.69) is 17.0 Å². The minimum absolute atomic E-state index is 0.0625. The average molecular weight is 479 g/mol. The molecule has 2 aliphatic rings. The summed E-state index contributed by atoms with van der Waals surface area (Å²) in [5.74, 6) is -0.0625. The number of amides is 1. The van der Waals surface area contributed by atoms with E-state index in [1.54, 1.807) is 11.9 Å². The number of carbonyl (C=O) groups is 1. The van der Waals surface area contributed by atoms with Gasteiger partial charge in [-0.05, 0) is 78.5 Å². The number of morpholine rings is 1. The number of carbonyl (C=O) groups excluding carboxylic acids is 1. The maximum absolute atomic E-state index is 12.9. The second-order valence-corrected chi connectivity index (χ2v) is 9.21. The first-order chi connectivity index (χ1) is 16.1. The standard InChI is InChI=1S/C25H23ClN4O2S/c1-28-24(31)23(17-22-3-2-12-30(22)21-8-4-18(26)5-9-21)33-25(28)27-19-6-10-20(11-7-19)29-13-15-32-16-14-29/h2-12,17H,13-16H2,1H3/b23-17+,27-25?. The third-order valence-corrected chi connectivity index (χ3v) is 6.93. The zero-order valence-corrected chi connectivity index (χ0v) is 19.7. The van der Waals surface area contributed by atoms with Crippen molar-refractivity contribution in [1.82, 2.24) is 9.47 Å². The molecule has 0 bridgehead atoms. The van der Waals surface area contributed by atoms with Crippen molar-refractivity contribution in [1.29, 1.82) is 0 Å². The maximum atomic E-state index is 12.9. The van der Waals surface area contributed by atoms with E-state index in [1.165, 1.54) is 11.8 Å². The number of rotatable bonds is 4. The molecule has 1 amide bonds. The number of ether oxygens (including phenoxy) is 1. The smallest absolute Gasteiger partial charge is 0.266 e. The first kappa shape index (κ1) is 21.8. The second-order valence-electron chi connectivity index (χ2n) is 7.76. The van der Waals surface area contributed by atoms with Crippen molar-refractivity contribution < 1.29 is 9.53 Å². The molecule has 0 unspecified atom stereocenters. The van der Waals surface area contributed by atoms with Crippen molar-refractivity contribution in [2.45, 2.75) is 0 Å². The first-order valence-corrected chi connectivity index (χ1v) is 11.9. The molecule has 2 aromatic carbocycles. The molecule has 2 fully saturated rings. The lowest BCUT2D eigenvalue weighted by Crippen LogP contribution is -2.36. The molecule has 0 aliphatic carbocycles. The largest absolute Gasteiger partial charge is 0.378 e. The Morgan fingerprint density at radius 1 is 1.00 bits per heavy atom. The van der Waals surface area contributed by atoms with Gasteiger partial charge >= 0.3 is 0 Å². The lowest BCUT2D eigenvalue weighted by molar-refractivity contribution is -0.121. The lowest BCUT2D eigenvalue weighted by Gasteiger charge is -2.28. The molecular weight excluding hydrogens is 456 g/mol. The number of halogens is 1. The zero-order chi connectivity index (χ0) is 22.8. The highest BCUT2D eigenvalue weighted by Gasteiger charge is 2.30. The zero-order valence-electron chi connectivity index (χ0n) is 18.1. The van der Waals surface area contributed by atoms with E-state index in [0.29, 0.717) is 15.1 Å². The van der Waals surface area contributed by atoms with Crippen LogP contribution >= 0.6 is 23.4 Å². The minimum atomic E-state index is -0.0625. The van der Waals surface area contributed by atoms with Crippen molar-refractivity contribution in [3.8, 4) is 5.69 Å². The number of likely N-dealkylation sites (N-methyl/N-ethyl adjacent to an activating group) is 1. The minimum Gasteiger partial charge on any atom is -0.378 e. The molecule has 2 aliphatic heterocycles. The monoisotopic (exact) mass is 478 g/mol.